The van der Waals surface area contributed by atoms with Gasteiger partial charge >= 0.3 is 12.2 Å². The smallest absolute Gasteiger partial charge is 0.351 e. The van der Waals surface area contributed by atoms with Crippen molar-refractivity contribution >= 4 is 29.3 Å². The standard InChI is InChI=1S/C24H24ClF4N3O2/c1-12-19(13-5-8-15(9-6-13)24(27,28)29)31-22(34)32-20(12)17-16(25)10-7-14(18(17)26)11-30-21(33)23(2,3)4/h5-10,12,19H,11H2,1-4H3,(H,30,33)(H,31,34). The Kier molecular flexibility index (Phi) is 7.07. The number of carbonyl (C=O) groups is 2. The van der Waals surface area contributed by atoms with Crippen LogP contribution in [0.2, 0.25) is 5.02 Å². The first-order valence-electron chi connectivity index (χ1n) is 10.5. The van der Waals surface area contributed by atoms with E-state index in [0.29, 0.717) is 5.56 Å². The van der Waals surface area contributed by atoms with Crippen LogP contribution in [0.3, 0.4) is 0 Å². The lowest BCUT2D eigenvalue weighted by molar-refractivity contribution is -0.137. The fourth-order valence-electron chi connectivity index (χ4n) is 3.60. The molecular formula is C24H24ClF4N3O2. The van der Waals surface area contributed by atoms with Gasteiger partial charge in [-0.2, -0.15) is 18.2 Å². The number of hydrogen-bond donors (Lipinski definition) is 2. The van der Waals surface area contributed by atoms with Crippen LogP contribution >= 0.6 is 11.6 Å². The molecule has 0 aromatic heterocycles. The number of rotatable bonds is 4. The van der Waals surface area contributed by atoms with Crippen LogP contribution < -0.4 is 10.6 Å². The predicted octanol–water partition coefficient (Wildman–Crippen LogP) is 6.05. The van der Waals surface area contributed by atoms with Crippen LogP contribution in [0.5, 0.6) is 0 Å². The maximum Gasteiger partial charge on any atom is 0.416 e. The van der Waals surface area contributed by atoms with E-state index in [0.717, 1.165) is 12.1 Å². The second kappa shape index (κ2) is 9.37. The van der Waals surface area contributed by atoms with E-state index in [1.54, 1.807) is 27.7 Å². The van der Waals surface area contributed by atoms with Crippen molar-refractivity contribution in [1.82, 2.24) is 10.6 Å². The molecule has 0 spiro atoms. The van der Waals surface area contributed by atoms with Gasteiger partial charge in [0.2, 0.25) is 5.91 Å². The van der Waals surface area contributed by atoms with E-state index in [9.17, 15) is 22.8 Å². The molecule has 10 heteroatoms. The van der Waals surface area contributed by atoms with E-state index < -0.39 is 41.0 Å². The second-order valence-electron chi connectivity index (χ2n) is 9.16. The van der Waals surface area contributed by atoms with Gasteiger partial charge in [0.25, 0.3) is 0 Å². The molecule has 34 heavy (non-hydrogen) atoms. The largest absolute Gasteiger partial charge is 0.416 e. The van der Waals surface area contributed by atoms with Crippen molar-refractivity contribution in [1.29, 1.82) is 0 Å². The Morgan fingerprint density at radius 3 is 2.29 bits per heavy atom. The third-order valence-electron chi connectivity index (χ3n) is 5.58. The van der Waals surface area contributed by atoms with E-state index in [1.807, 2.05) is 0 Å². The molecule has 3 rings (SSSR count). The van der Waals surface area contributed by atoms with Gasteiger partial charge in [-0.3, -0.25) is 4.79 Å². The minimum atomic E-state index is -4.49. The third-order valence-corrected chi connectivity index (χ3v) is 5.89. The predicted molar refractivity (Wildman–Crippen MR) is 121 cm³/mol. The quantitative estimate of drug-likeness (QED) is 0.505. The van der Waals surface area contributed by atoms with Gasteiger partial charge in [-0.05, 0) is 23.8 Å². The molecule has 0 saturated carbocycles. The lowest BCUT2D eigenvalue weighted by Gasteiger charge is -2.31. The van der Waals surface area contributed by atoms with Crippen LogP contribution in [0, 0.1) is 17.2 Å². The van der Waals surface area contributed by atoms with Crippen molar-refractivity contribution in [2.75, 3.05) is 0 Å². The Morgan fingerprint density at radius 2 is 1.74 bits per heavy atom. The fourth-order valence-corrected chi connectivity index (χ4v) is 3.84. The summed E-state index contributed by atoms with van der Waals surface area (Å²) >= 11 is 6.28. The molecule has 0 fully saturated rings. The fraction of sp³-hybridized carbons (Fsp3) is 0.375. The molecule has 2 unspecified atom stereocenters. The molecule has 0 bridgehead atoms. The van der Waals surface area contributed by atoms with Gasteiger partial charge < -0.3 is 10.6 Å². The number of urea groups is 1. The molecular weight excluding hydrogens is 474 g/mol. The zero-order valence-corrected chi connectivity index (χ0v) is 19.7. The highest BCUT2D eigenvalue weighted by molar-refractivity contribution is 6.34. The maximum absolute atomic E-state index is 15.5. The molecule has 1 aliphatic heterocycles. The van der Waals surface area contributed by atoms with Crippen molar-refractivity contribution in [2.24, 2.45) is 16.3 Å². The minimum absolute atomic E-state index is 0.0230. The van der Waals surface area contributed by atoms with Crippen LogP contribution in [0.25, 0.3) is 0 Å². The molecule has 1 aliphatic rings. The number of aliphatic imine (C=N–C) groups is 1. The highest BCUT2D eigenvalue weighted by Crippen LogP contribution is 2.35. The summed E-state index contributed by atoms with van der Waals surface area (Å²) in [5.41, 5.74) is -0.932. The molecule has 2 N–H and O–H groups in total. The van der Waals surface area contributed by atoms with Gasteiger partial charge in [-0.1, -0.05) is 57.5 Å². The number of nitrogens with one attached hydrogen (secondary N) is 2. The molecule has 0 saturated heterocycles. The topological polar surface area (TPSA) is 70.6 Å². The Balaban J connectivity index is 1.94. The maximum atomic E-state index is 15.5. The average Bonchev–Trinajstić information content (AvgIpc) is 2.74. The van der Waals surface area contributed by atoms with Crippen molar-refractivity contribution in [3.05, 3.63) is 69.5 Å². The molecule has 0 radical (unpaired) electrons. The summed E-state index contributed by atoms with van der Waals surface area (Å²) in [6, 6.07) is 5.76. The van der Waals surface area contributed by atoms with Gasteiger partial charge in [0.15, 0.2) is 0 Å². The van der Waals surface area contributed by atoms with Crippen LogP contribution in [0.1, 0.15) is 56.0 Å². The van der Waals surface area contributed by atoms with E-state index in [-0.39, 0.29) is 34.3 Å². The lowest BCUT2D eigenvalue weighted by Crippen LogP contribution is -2.40. The summed E-state index contributed by atoms with van der Waals surface area (Å²) in [5.74, 6) is -1.61. The van der Waals surface area contributed by atoms with Gasteiger partial charge in [-0.15, -0.1) is 0 Å². The van der Waals surface area contributed by atoms with E-state index in [1.165, 1.54) is 24.3 Å². The summed E-state index contributed by atoms with van der Waals surface area (Å²) in [7, 11) is 0. The van der Waals surface area contributed by atoms with Crippen LogP contribution in [0.15, 0.2) is 41.4 Å². The van der Waals surface area contributed by atoms with Crippen molar-refractivity contribution in [2.45, 2.75) is 46.5 Å². The van der Waals surface area contributed by atoms with Crippen LogP contribution in [-0.4, -0.2) is 17.6 Å². The van der Waals surface area contributed by atoms with Crippen molar-refractivity contribution < 1.29 is 27.2 Å². The first-order valence-corrected chi connectivity index (χ1v) is 10.9. The normalized spacial score (nSPS) is 18.9. The Hall–Kier alpha value is -2.94. The van der Waals surface area contributed by atoms with E-state index >= 15 is 4.39 Å². The number of amides is 3. The molecule has 3 amide bonds. The average molecular weight is 498 g/mol. The number of nitrogens with zero attached hydrogens (tertiary/aromatic N) is 1. The van der Waals surface area contributed by atoms with Gasteiger partial charge in [0, 0.05) is 23.4 Å². The molecule has 182 valence electrons. The number of benzene rings is 2. The van der Waals surface area contributed by atoms with Crippen molar-refractivity contribution in [3.63, 3.8) is 0 Å². The van der Waals surface area contributed by atoms with Crippen LogP contribution in [0.4, 0.5) is 22.4 Å². The zero-order valence-electron chi connectivity index (χ0n) is 19.0. The number of carbonyl (C=O) groups excluding carboxylic acids is 2. The summed E-state index contributed by atoms with van der Waals surface area (Å²) < 4.78 is 54.3. The van der Waals surface area contributed by atoms with Crippen LogP contribution in [-0.2, 0) is 17.5 Å². The molecule has 0 aliphatic carbocycles. The van der Waals surface area contributed by atoms with Gasteiger partial charge in [0.1, 0.15) is 5.82 Å². The zero-order chi connectivity index (χ0) is 25.4. The molecule has 5 nitrogen and oxygen atoms in total. The summed E-state index contributed by atoms with van der Waals surface area (Å²) in [6.45, 7) is 6.76. The molecule has 1 heterocycles. The minimum Gasteiger partial charge on any atom is -0.351 e. The summed E-state index contributed by atoms with van der Waals surface area (Å²) in [4.78, 5) is 28.4. The second-order valence-corrected chi connectivity index (χ2v) is 9.57. The Morgan fingerprint density at radius 1 is 1.12 bits per heavy atom. The number of halogens is 5. The molecule has 2 atom stereocenters. The monoisotopic (exact) mass is 497 g/mol. The van der Waals surface area contributed by atoms with Crippen molar-refractivity contribution in [3.8, 4) is 0 Å². The first-order chi connectivity index (χ1) is 15.7. The highest BCUT2D eigenvalue weighted by atomic mass is 35.5. The molecule has 2 aromatic rings. The molecule has 2 aromatic carbocycles. The Bertz CT molecular complexity index is 1140. The van der Waals surface area contributed by atoms with Gasteiger partial charge in [0.05, 0.1) is 27.9 Å². The summed E-state index contributed by atoms with van der Waals surface area (Å²) in [6.07, 6.45) is -4.49. The summed E-state index contributed by atoms with van der Waals surface area (Å²) in [5, 5.41) is 5.31. The number of hydrogen-bond acceptors (Lipinski definition) is 2. The Labute approximate surface area is 199 Å². The van der Waals surface area contributed by atoms with E-state index in [4.69, 9.17) is 11.6 Å². The van der Waals surface area contributed by atoms with Gasteiger partial charge in [-0.25, -0.2) is 9.18 Å². The van der Waals surface area contributed by atoms with E-state index in [2.05, 4.69) is 15.6 Å². The lowest BCUT2D eigenvalue weighted by atomic mass is 9.85. The SMILES string of the molecule is CC1C(c2c(Cl)ccc(CNC(=O)C(C)(C)C)c2F)=NC(=O)NC1c1ccc(C(F)(F)F)cc1. The number of alkyl halides is 3. The highest BCUT2D eigenvalue weighted by Gasteiger charge is 2.35. The first kappa shape index (κ1) is 25.7. The third kappa shape index (κ3) is 5.41.